The third-order valence-corrected chi connectivity index (χ3v) is 3.93. The van der Waals surface area contributed by atoms with E-state index in [1.54, 1.807) is 6.92 Å². The van der Waals surface area contributed by atoms with E-state index < -0.39 is 15.8 Å². The third-order valence-electron chi connectivity index (χ3n) is 2.64. The Kier molecular flexibility index (Phi) is 2.64. The standard InChI is InChI=1S/C11H10N4O4S/c1-6-12-5-10(13-6)20(17,18)15-7-2-3-9-8(4-7)14-11(16)19-9/h2-5,15H,1H3,(H,12,13)(H,14,16). The molecule has 0 unspecified atom stereocenters. The first-order chi connectivity index (χ1) is 9.44. The lowest BCUT2D eigenvalue weighted by Crippen LogP contribution is -2.13. The number of nitrogens with zero attached hydrogens (tertiary/aromatic N) is 1. The van der Waals surface area contributed by atoms with Crippen molar-refractivity contribution < 1.29 is 12.8 Å². The minimum absolute atomic E-state index is 0.0317. The zero-order valence-electron chi connectivity index (χ0n) is 10.3. The van der Waals surface area contributed by atoms with E-state index in [2.05, 4.69) is 19.7 Å². The average Bonchev–Trinajstić information content (AvgIpc) is 2.93. The molecule has 0 aliphatic carbocycles. The average molecular weight is 294 g/mol. The summed E-state index contributed by atoms with van der Waals surface area (Å²) in [7, 11) is -3.75. The third kappa shape index (κ3) is 2.18. The Labute approximate surface area is 112 Å². The summed E-state index contributed by atoms with van der Waals surface area (Å²) in [5.41, 5.74) is 1.08. The number of aromatic nitrogens is 3. The number of fused-ring (bicyclic) bond motifs is 1. The van der Waals surface area contributed by atoms with Gasteiger partial charge >= 0.3 is 5.76 Å². The summed E-state index contributed by atoms with van der Waals surface area (Å²) in [4.78, 5) is 20.0. The second-order valence-corrected chi connectivity index (χ2v) is 5.81. The fourth-order valence-corrected chi connectivity index (χ4v) is 2.78. The summed E-state index contributed by atoms with van der Waals surface area (Å²) in [6.45, 7) is 1.65. The predicted molar refractivity (Wildman–Crippen MR) is 71.0 cm³/mol. The number of hydrogen-bond acceptors (Lipinski definition) is 5. The Balaban J connectivity index is 1.98. The van der Waals surface area contributed by atoms with Crippen LogP contribution in [0.15, 0.2) is 38.6 Å². The molecule has 2 heterocycles. The van der Waals surface area contributed by atoms with Crippen molar-refractivity contribution in [1.29, 1.82) is 0 Å². The molecule has 1 aromatic carbocycles. The van der Waals surface area contributed by atoms with E-state index in [9.17, 15) is 13.2 Å². The second kappa shape index (κ2) is 4.23. The van der Waals surface area contributed by atoms with E-state index in [4.69, 9.17) is 4.42 Å². The van der Waals surface area contributed by atoms with Gasteiger partial charge in [-0.25, -0.2) is 9.78 Å². The van der Waals surface area contributed by atoms with Crippen LogP contribution in [0, 0.1) is 6.92 Å². The lowest BCUT2D eigenvalue weighted by molar-refractivity contribution is 0.555. The van der Waals surface area contributed by atoms with E-state index in [-0.39, 0.29) is 5.03 Å². The highest BCUT2D eigenvalue weighted by Crippen LogP contribution is 2.19. The quantitative estimate of drug-likeness (QED) is 0.664. The Morgan fingerprint density at radius 1 is 1.30 bits per heavy atom. The summed E-state index contributed by atoms with van der Waals surface area (Å²) in [5, 5.41) is -0.0317. The van der Waals surface area contributed by atoms with Gasteiger partial charge in [0, 0.05) is 0 Å². The highest BCUT2D eigenvalue weighted by molar-refractivity contribution is 7.92. The van der Waals surface area contributed by atoms with Crippen molar-refractivity contribution in [2.24, 2.45) is 0 Å². The van der Waals surface area contributed by atoms with Crippen molar-refractivity contribution in [2.45, 2.75) is 11.9 Å². The smallest absolute Gasteiger partial charge is 0.408 e. The lowest BCUT2D eigenvalue weighted by Gasteiger charge is -2.05. The van der Waals surface area contributed by atoms with Gasteiger partial charge in [-0.3, -0.25) is 9.71 Å². The number of aromatic amines is 2. The Morgan fingerprint density at radius 2 is 2.10 bits per heavy atom. The number of hydrogen-bond donors (Lipinski definition) is 3. The van der Waals surface area contributed by atoms with Crippen molar-refractivity contribution >= 4 is 26.8 Å². The summed E-state index contributed by atoms with van der Waals surface area (Å²) in [6.07, 6.45) is 1.23. The highest BCUT2D eigenvalue weighted by Gasteiger charge is 2.17. The molecule has 20 heavy (non-hydrogen) atoms. The molecule has 0 atom stereocenters. The van der Waals surface area contributed by atoms with Crippen molar-refractivity contribution in [1.82, 2.24) is 15.0 Å². The zero-order valence-corrected chi connectivity index (χ0v) is 11.1. The molecule has 2 aromatic heterocycles. The number of nitrogens with one attached hydrogen (secondary N) is 3. The van der Waals surface area contributed by atoms with Gasteiger partial charge in [-0.15, -0.1) is 0 Å². The molecule has 3 N–H and O–H groups in total. The summed E-state index contributed by atoms with van der Waals surface area (Å²) in [5.74, 6) is -0.0933. The first-order valence-corrected chi connectivity index (χ1v) is 7.10. The molecule has 3 rings (SSSR count). The van der Waals surface area contributed by atoms with E-state index in [1.807, 2.05) is 0 Å². The molecule has 0 bridgehead atoms. The topological polar surface area (TPSA) is 121 Å². The molecule has 0 radical (unpaired) electrons. The first-order valence-electron chi connectivity index (χ1n) is 5.61. The normalized spacial score (nSPS) is 11.8. The van der Waals surface area contributed by atoms with E-state index in [0.29, 0.717) is 22.6 Å². The summed E-state index contributed by atoms with van der Waals surface area (Å²) < 4.78 is 31.4. The van der Waals surface area contributed by atoms with Crippen LogP contribution in [-0.4, -0.2) is 23.4 Å². The van der Waals surface area contributed by atoms with Gasteiger partial charge in [0.15, 0.2) is 10.6 Å². The lowest BCUT2D eigenvalue weighted by atomic mass is 10.3. The van der Waals surface area contributed by atoms with Crippen LogP contribution in [0.2, 0.25) is 0 Å². The van der Waals surface area contributed by atoms with Crippen LogP contribution in [-0.2, 0) is 10.0 Å². The number of sulfonamides is 1. The molecule has 0 spiro atoms. The number of imidazole rings is 1. The van der Waals surface area contributed by atoms with Gasteiger partial charge in [0.2, 0.25) is 0 Å². The SMILES string of the molecule is Cc1ncc(S(=O)(=O)Nc2ccc3oc(=O)[nH]c3c2)[nH]1. The second-order valence-electron chi connectivity index (χ2n) is 4.16. The number of oxazole rings is 1. The molecular weight excluding hydrogens is 284 g/mol. The maximum atomic E-state index is 12.1. The molecule has 0 saturated heterocycles. The molecule has 0 amide bonds. The molecule has 8 nitrogen and oxygen atoms in total. The summed E-state index contributed by atoms with van der Waals surface area (Å²) >= 11 is 0. The molecule has 0 aliphatic heterocycles. The van der Waals surface area contributed by atoms with Gasteiger partial charge in [-0.2, -0.15) is 8.42 Å². The van der Waals surface area contributed by atoms with Gasteiger partial charge < -0.3 is 9.40 Å². The van der Waals surface area contributed by atoms with Crippen LogP contribution in [0.4, 0.5) is 5.69 Å². The largest absolute Gasteiger partial charge is 0.417 e. The summed E-state index contributed by atoms with van der Waals surface area (Å²) in [6, 6.07) is 4.48. The minimum Gasteiger partial charge on any atom is -0.408 e. The monoisotopic (exact) mass is 294 g/mol. The Hall–Kier alpha value is -2.55. The molecular formula is C11H10N4O4S. The van der Waals surface area contributed by atoms with Crippen LogP contribution in [0.5, 0.6) is 0 Å². The van der Waals surface area contributed by atoms with E-state index in [0.717, 1.165) is 0 Å². The first kappa shape index (κ1) is 12.5. The van der Waals surface area contributed by atoms with Crippen LogP contribution in [0.3, 0.4) is 0 Å². The van der Waals surface area contributed by atoms with Crippen LogP contribution in [0.25, 0.3) is 11.1 Å². The maximum absolute atomic E-state index is 12.1. The van der Waals surface area contributed by atoms with Gasteiger partial charge in [0.1, 0.15) is 5.82 Å². The van der Waals surface area contributed by atoms with Crippen LogP contribution in [0.1, 0.15) is 5.82 Å². The molecule has 3 aromatic rings. The van der Waals surface area contributed by atoms with Gasteiger partial charge in [-0.05, 0) is 25.1 Å². The Bertz CT molecular complexity index is 935. The highest BCUT2D eigenvalue weighted by atomic mass is 32.2. The van der Waals surface area contributed by atoms with E-state index >= 15 is 0 Å². The maximum Gasteiger partial charge on any atom is 0.417 e. The molecule has 104 valence electrons. The molecule has 0 fully saturated rings. The molecule has 9 heteroatoms. The van der Waals surface area contributed by atoms with Crippen molar-refractivity contribution in [3.63, 3.8) is 0 Å². The van der Waals surface area contributed by atoms with Crippen LogP contribution >= 0.6 is 0 Å². The number of H-pyrrole nitrogens is 2. The molecule has 0 aliphatic rings. The van der Waals surface area contributed by atoms with Crippen LogP contribution < -0.4 is 10.5 Å². The number of anilines is 1. The number of rotatable bonds is 3. The predicted octanol–water partition coefficient (Wildman–Crippen LogP) is 0.953. The van der Waals surface area contributed by atoms with Gasteiger partial charge in [0.05, 0.1) is 17.4 Å². The van der Waals surface area contributed by atoms with E-state index in [1.165, 1.54) is 24.4 Å². The fourth-order valence-electron chi connectivity index (χ4n) is 1.76. The van der Waals surface area contributed by atoms with Gasteiger partial charge in [-0.1, -0.05) is 0 Å². The molecule has 0 saturated carbocycles. The van der Waals surface area contributed by atoms with Gasteiger partial charge in [0.25, 0.3) is 10.0 Å². The van der Waals surface area contributed by atoms with Crippen molar-refractivity contribution in [2.75, 3.05) is 4.72 Å². The minimum atomic E-state index is -3.75. The Morgan fingerprint density at radius 3 is 2.80 bits per heavy atom. The van der Waals surface area contributed by atoms with Crippen molar-refractivity contribution in [3.8, 4) is 0 Å². The fraction of sp³-hybridized carbons (Fsp3) is 0.0909. The van der Waals surface area contributed by atoms with Crippen molar-refractivity contribution in [3.05, 3.63) is 40.8 Å². The number of benzene rings is 1. The number of aryl methyl sites for hydroxylation is 1. The zero-order chi connectivity index (χ0) is 14.3.